The Morgan fingerprint density at radius 3 is 2.42 bits per heavy atom. The maximum Gasteiger partial charge on any atom is 0.0458 e. The van der Waals surface area contributed by atoms with E-state index in [1.54, 1.807) is 12.1 Å². The second-order valence-corrected chi connectivity index (χ2v) is 2.50. The minimum absolute atomic E-state index is 0.0238. The molecule has 0 radical (unpaired) electrons. The van der Waals surface area contributed by atoms with Gasteiger partial charge < -0.3 is 15.2 Å². The molecule has 0 fully saturated rings. The lowest BCUT2D eigenvalue weighted by Gasteiger charge is -2.03. The number of carboxylic acids is 1. The van der Waals surface area contributed by atoms with Crippen molar-refractivity contribution in [3.8, 4) is 0 Å². The van der Waals surface area contributed by atoms with Crippen LogP contribution in [0.15, 0.2) is 24.3 Å². The Kier molecular flexibility index (Phi) is 2.69. The molecule has 0 bridgehead atoms. The summed E-state index contributed by atoms with van der Waals surface area (Å²) in [5.41, 5.74) is 1.73. The molecule has 0 saturated carbocycles. The van der Waals surface area contributed by atoms with Crippen molar-refractivity contribution in [2.24, 2.45) is 0 Å². The standard InChI is InChI=1S/C9H11NO2/c1-10-8-4-2-7(3-5-8)6-9(11)12/h2-5,10H,6H2,1H3,(H,11,12)/p-1. The van der Waals surface area contributed by atoms with Crippen LogP contribution in [0.5, 0.6) is 0 Å². The van der Waals surface area contributed by atoms with Crippen LogP contribution in [-0.4, -0.2) is 13.0 Å². The lowest BCUT2D eigenvalue weighted by molar-refractivity contribution is -0.304. The summed E-state index contributed by atoms with van der Waals surface area (Å²) < 4.78 is 0. The minimum Gasteiger partial charge on any atom is -0.550 e. The zero-order valence-corrected chi connectivity index (χ0v) is 6.83. The number of nitrogens with one attached hydrogen (secondary N) is 1. The van der Waals surface area contributed by atoms with Gasteiger partial charge in [0, 0.05) is 25.1 Å². The summed E-state index contributed by atoms with van der Waals surface area (Å²) in [4.78, 5) is 10.2. The highest BCUT2D eigenvalue weighted by Crippen LogP contribution is 2.08. The number of carboxylic acid groups (broad SMARTS) is 1. The first kappa shape index (κ1) is 8.59. The number of rotatable bonds is 3. The molecule has 1 aromatic carbocycles. The van der Waals surface area contributed by atoms with Crippen LogP contribution in [0.2, 0.25) is 0 Å². The van der Waals surface area contributed by atoms with Crippen LogP contribution in [-0.2, 0) is 11.2 Å². The SMILES string of the molecule is CNc1ccc(CC(=O)[O-])cc1. The summed E-state index contributed by atoms with van der Waals surface area (Å²) in [6.07, 6.45) is -0.0238. The lowest BCUT2D eigenvalue weighted by atomic mass is 10.1. The highest BCUT2D eigenvalue weighted by molar-refractivity contribution is 5.68. The lowest BCUT2D eigenvalue weighted by Crippen LogP contribution is -2.24. The molecule has 0 amide bonds. The van der Waals surface area contributed by atoms with Gasteiger partial charge in [0.25, 0.3) is 0 Å². The monoisotopic (exact) mass is 164 g/mol. The molecule has 0 heterocycles. The summed E-state index contributed by atoms with van der Waals surface area (Å²) in [5.74, 6) is -1.05. The van der Waals surface area contributed by atoms with Gasteiger partial charge in [-0.2, -0.15) is 0 Å². The predicted octanol–water partition coefficient (Wildman–Crippen LogP) is 0.0207. The highest BCUT2D eigenvalue weighted by atomic mass is 16.4. The number of benzene rings is 1. The molecule has 0 atom stereocenters. The summed E-state index contributed by atoms with van der Waals surface area (Å²) in [6, 6.07) is 7.19. The smallest absolute Gasteiger partial charge is 0.0458 e. The average Bonchev–Trinajstić information content (AvgIpc) is 2.05. The maximum absolute atomic E-state index is 10.2. The number of carbonyl (C=O) groups excluding carboxylic acids is 1. The van der Waals surface area contributed by atoms with E-state index in [0.717, 1.165) is 11.3 Å². The van der Waals surface area contributed by atoms with Crippen LogP contribution in [0, 0.1) is 0 Å². The van der Waals surface area contributed by atoms with E-state index in [9.17, 15) is 9.90 Å². The Morgan fingerprint density at radius 1 is 1.42 bits per heavy atom. The first-order chi connectivity index (χ1) is 5.72. The van der Waals surface area contributed by atoms with E-state index in [1.807, 2.05) is 19.2 Å². The van der Waals surface area contributed by atoms with Crippen molar-refractivity contribution in [2.45, 2.75) is 6.42 Å². The molecule has 1 aromatic rings. The van der Waals surface area contributed by atoms with Gasteiger partial charge in [0.15, 0.2) is 0 Å². The first-order valence-corrected chi connectivity index (χ1v) is 3.69. The van der Waals surface area contributed by atoms with Crippen LogP contribution in [0.3, 0.4) is 0 Å². The van der Waals surface area contributed by atoms with Gasteiger partial charge in [0.2, 0.25) is 0 Å². The van der Waals surface area contributed by atoms with Crippen molar-refractivity contribution in [1.29, 1.82) is 0 Å². The van der Waals surface area contributed by atoms with Crippen LogP contribution < -0.4 is 10.4 Å². The van der Waals surface area contributed by atoms with Gasteiger partial charge in [-0.25, -0.2) is 0 Å². The van der Waals surface area contributed by atoms with Crippen LogP contribution in [0.1, 0.15) is 5.56 Å². The molecule has 3 heteroatoms. The summed E-state index contributed by atoms with van der Waals surface area (Å²) in [7, 11) is 1.81. The summed E-state index contributed by atoms with van der Waals surface area (Å²) >= 11 is 0. The molecule has 0 unspecified atom stereocenters. The molecule has 12 heavy (non-hydrogen) atoms. The Hall–Kier alpha value is -1.51. The molecule has 3 nitrogen and oxygen atoms in total. The van der Waals surface area contributed by atoms with E-state index in [1.165, 1.54) is 0 Å². The fourth-order valence-electron chi connectivity index (χ4n) is 0.956. The molecular weight excluding hydrogens is 154 g/mol. The molecule has 0 aliphatic carbocycles. The largest absolute Gasteiger partial charge is 0.550 e. The zero-order chi connectivity index (χ0) is 8.97. The predicted molar refractivity (Wildman–Crippen MR) is 44.7 cm³/mol. The van der Waals surface area contributed by atoms with Gasteiger partial charge in [0.05, 0.1) is 0 Å². The third-order valence-electron chi connectivity index (χ3n) is 1.59. The van der Waals surface area contributed by atoms with E-state index < -0.39 is 5.97 Å². The van der Waals surface area contributed by atoms with Gasteiger partial charge in [0.1, 0.15) is 0 Å². The second-order valence-electron chi connectivity index (χ2n) is 2.50. The molecule has 1 N–H and O–H groups in total. The molecule has 0 spiro atoms. The fourth-order valence-corrected chi connectivity index (χ4v) is 0.956. The maximum atomic E-state index is 10.2. The molecule has 0 aliphatic heterocycles. The summed E-state index contributed by atoms with van der Waals surface area (Å²) in [5, 5.41) is 13.1. The normalized spacial score (nSPS) is 9.42. The second kappa shape index (κ2) is 3.76. The van der Waals surface area contributed by atoms with Gasteiger partial charge >= 0.3 is 0 Å². The van der Waals surface area contributed by atoms with E-state index in [0.29, 0.717) is 0 Å². The van der Waals surface area contributed by atoms with E-state index in [2.05, 4.69) is 5.32 Å². The highest BCUT2D eigenvalue weighted by Gasteiger charge is 1.92. The fraction of sp³-hybridized carbons (Fsp3) is 0.222. The molecule has 64 valence electrons. The van der Waals surface area contributed by atoms with Crippen molar-refractivity contribution < 1.29 is 9.90 Å². The van der Waals surface area contributed by atoms with Crippen LogP contribution in [0.25, 0.3) is 0 Å². The van der Waals surface area contributed by atoms with E-state index >= 15 is 0 Å². The molecule has 0 aromatic heterocycles. The van der Waals surface area contributed by atoms with Crippen molar-refractivity contribution in [2.75, 3.05) is 12.4 Å². The minimum atomic E-state index is -1.05. The molecular formula is C9H10NO2-. The number of hydrogen-bond donors (Lipinski definition) is 1. The van der Waals surface area contributed by atoms with Crippen molar-refractivity contribution in [3.05, 3.63) is 29.8 Å². The van der Waals surface area contributed by atoms with E-state index in [4.69, 9.17) is 0 Å². The van der Waals surface area contributed by atoms with Gasteiger partial charge in [-0.15, -0.1) is 0 Å². The number of aliphatic carboxylic acids is 1. The van der Waals surface area contributed by atoms with Gasteiger partial charge in [-0.05, 0) is 17.7 Å². The van der Waals surface area contributed by atoms with Gasteiger partial charge in [-0.1, -0.05) is 12.1 Å². The Labute approximate surface area is 71.0 Å². The number of carbonyl (C=O) groups is 1. The summed E-state index contributed by atoms with van der Waals surface area (Å²) in [6.45, 7) is 0. The number of anilines is 1. The molecule has 0 saturated heterocycles. The molecule has 1 rings (SSSR count). The average molecular weight is 164 g/mol. The topological polar surface area (TPSA) is 52.2 Å². The molecule has 0 aliphatic rings. The van der Waals surface area contributed by atoms with Crippen molar-refractivity contribution in [3.63, 3.8) is 0 Å². The Morgan fingerprint density at radius 2 is 2.00 bits per heavy atom. The quantitative estimate of drug-likeness (QED) is 0.685. The Bertz CT molecular complexity index is 266. The first-order valence-electron chi connectivity index (χ1n) is 3.69. The van der Waals surface area contributed by atoms with Crippen molar-refractivity contribution in [1.82, 2.24) is 0 Å². The van der Waals surface area contributed by atoms with Crippen LogP contribution in [0.4, 0.5) is 5.69 Å². The van der Waals surface area contributed by atoms with Gasteiger partial charge in [-0.3, -0.25) is 0 Å². The third-order valence-corrected chi connectivity index (χ3v) is 1.59. The van der Waals surface area contributed by atoms with Crippen molar-refractivity contribution >= 4 is 11.7 Å². The third kappa shape index (κ3) is 2.27. The van der Waals surface area contributed by atoms with E-state index in [-0.39, 0.29) is 6.42 Å². The Balaban J connectivity index is 2.71. The number of hydrogen-bond acceptors (Lipinski definition) is 3. The van der Waals surface area contributed by atoms with Crippen LogP contribution >= 0.6 is 0 Å². The zero-order valence-electron chi connectivity index (χ0n) is 6.83.